The van der Waals surface area contributed by atoms with Gasteiger partial charge in [0.15, 0.2) is 0 Å². The first-order valence-corrected chi connectivity index (χ1v) is 7.12. The maximum absolute atomic E-state index is 13.4. The van der Waals surface area contributed by atoms with Crippen LogP contribution in [0, 0.1) is 5.82 Å². The standard InChI is InChI=1S/C17H19ClFN/c1-11(2)12-4-6-13(7-5-12)17(20-3)15-10-14(19)8-9-16(15)18/h4-11,17,20H,1-3H3. The van der Waals surface area contributed by atoms with Crippen LogP contribution in [0.2, 0.25) is 5.02 Å². The van der Waals surface area contributed by atoms with E-state index >= 15 is 0 Å². The molecule has 0 heterocycles. The van der Waals surface area contributed by atoms with Crippen LogP contribution >= 0.6 is 11.6 Å². The summed E-state index contributed by atoms with van der Waals surface area (Å²) < 4.78 is 13.4. The summed E-state index contributed by atoms with van der Waals surface area (Å²) in [5.41, 5.74) is 3.12. The third-order valence-electron chi connectivity index (χ3n) is 3.49. The molecule has 0 spiro atoms. The topological polar surface area (TPSA) is 12.0 Å². The number of halogens is 2. The summed E-state index contributed by atoms with van der Waals surface area (Å²) in [5.74, 6) is 0.221. The molecule has 0 saturated heterocycles. The Hall–Kier alpha value is -1.38. The summed E-state index contributed by atoms with van der Waals surface area (Å²) in [7, 11) is 1.85. The van der Waals surface area contributed by atoms with Gasteiger partial charge in [-0.05, 0) is 47.9 Å². The molecule has 1 nitrogen and oxygen atoms in total. The lowest BCUT2D eigenvalue weighted by Crippen LogP contribution is -2.18. The minimum absolute atomic E-state index is 0.112. The molecule has 0 bridgehead atoms. The first-order chi connectivity index (χ1) is 9.52. The normalized spacial score (nSPS) is 12.7. The van der Waals surface area contributed by atoms with E-state index in [2.05, 4.69) is 43.4 Å². The summed E-state index contributed by atoms with van der Waals surface area (Å²) in [5, 5.41) is 3.77. The van der Waals surface area contributed by atoms with E-state index in [4.69, 9.17) is 11.6 Å². The van der Waals surface area contributed by atoms with Gasteiger partial charge in [0.25, 0.3) is 0 Å². The molecule has 0 aliphatic rings. The van der Waals surface area contributed by atoms with Crippen molar-refractivity contribution in [1.82, 2.24) is 5.32 Å². The molecule has 1 unspecified atom stereocenters. The summed E-state index contributed by atoms with van der Waals surface area (Å²) in [6.45, 7) is 4.32. The third-order valence-corrected chi connectivity index (χ3v) is 3.84. The first kappa shape index (κ1) is 15.0. The quantitative estimate of drug-likeness (QED) is 0.844. The zero-order chi connectivity index (χ0) is 14.7. The first-order valence-electron chi connectivity index (χ1n) is 6.75. The van der Waals surface area contributed by atoms with E-state index < -0.39 is 0 Å². The molecule has 0 aliphatic carbocycles. The van der Waals surface area contributed by atoms with Gasteiger partial charge in [-0.3, -0.25) is 0 Å². The lowest BCUT2D eigenvalue weighted by atomic mass is 9.95. The average Bonchev–Trinajstić information content (AvgIpc) is 2.44. The predicted molar refractivity (Wildman–Crippen MR) is 82.8 cm³/mol. The Kier molecular flexibility index (Phi) is 4.79. The van der Waals surface area contributed by atoms with Crippen molar-refractivity contribution in [3.8, 4) is 0 Å². The molecule has 0 amide bonds. The van der Waals surface area contributed by atoms with Crippen LogP contribution < -0.4 is 5.32 Å². The zero-order valence-corrected chi connectivity index (χ0v) is 12.7. The molecule has 2 aromatic rings. The Morgan fingerprint density at radius 1 is 1.00 bits per heavy atom. The summed E-state index contributed by atoms with van der Waals surface area (Å²) in [6, 6.07) is 12.7. The van der Waals surface area contributed by atoms with Gasteiger partial charge < -0.3 is 5.32 Å². The van der Waals surface area contributed by atoms with Gasteiger partial charge in [0.05, 0.1) is 6.04 Å². The average molecular weight is 292 g/mol. The van der Waals surface area contributed by atoms with E-state index in [0.717, 1.165) is 11.1 Å². The number of nitrogens with one attached hydrogen (secondary N) is 1. The molecule has 1 N–H and O–H groups in total. The van der Waals surface area contributed by atoms with E-state index in [1.165, 1.54) is 17.7 Å². The van der Waals surface area contributed by atoms with Crippen LogP contribution in [0.1, 0.15) is 42.5 Å². The number of hydrogen-bond donors (Lipinski definition) is 1. The largest absolute Gasteiger partial charge is 0.309 e. The second-order valence-corrected chi connectivity index (χ2v) is 5.62. The number of benzene rings is 2. The monoisotopic (exact) mass is 291 g/mol. The molecule has 0 saturated carbocycles. The third kappa shape index (κ3) is 3.20. The van der Waals surface area contributed by atoms with Gasteiger partial charge in [-0.2, -0.15) is 0 Å². The van der Waals surface area contributed by atoms with Gasteiger partial charge in [-0.1, -0.05) is 49.7 Å². The lowest BCUT2D eigenvalue weighted by Gasteiger charge is -2.19. The van der Waals surface area contributed by atoms with Gasteiger partial charge in [0.2, 0.25) is 0 Å². The molecule has 2 aromatic carbocycles. The lowest BCUT2D eigenvalue weighted by molar-refractivity contribution is 0.617. The molecule has 0 aliphatic heterocycles. The van der Waals surface area contributed by atoms with Crippen molar-refractivity contribution in [2.45, 2.75) is 25.8 Å². The van der Waals surface area contributed by atoms with Crippen molar-refractivity contribution in [2.24, 2.45) is 0 Å². The van der Waals surface area contributed by atoms with Crippen LogP contribution in [0.25, 0.3) is 0 Å². The van der Waals surface area contributed by atoms with Crippen molar-refractivity contribution in [3.63, 3.8) is 0 Å². The molecule has 3 heteroatoms. The van der Waals surface area contributed by atoms with Gasteiger partial charge >= 0.3 is 0 Å². The maximum atomic E-state index is 13.4. The summed E-state index contributed by atoms with van der Waals surface area (Å²) in [6.07, 6.45) is 0. The van der Waals surface area contributed by atoms with Crippen molar-refractivity contribution in [3.05, 3.63) is 70.0 Å². The van der Waals surface area contributed by atoms with Crippen molar-refractivity contribution < 1.29 is 4.39 Å². The molecule has 0 fully saturated rings. The van der Waals surface area contributed by atoms with Crippen LogP contribution in [-0.4, -0.2) is 7.05 Å². The second-order valence-electron chi connectivity index (χ2n) is 5.21. The molecular formula is C17H19ClFN. The minimum atomic E-state index is -0.275. The van der Waals surface area contributed by atoms with E-state index in [9.17, 15) is 4.39 Å². The van der Waals surface area contributed by atoms with Crippen LogP contribution in [0.3, 0.4) is 0 Å². The van der Waals surface area contributed by atoms with Gasteiger partial charge in [0, 0.05) is 5.02 Å². The van der Waals surface area contributed by atoms with E-state index in [1.807, 2.05) is 7.05 Å². The van der Waals surface area contributed by atoms with Gasteiger partial charge in [0.1, 0.15) is 5.82 Å². The highest BCUT2D eigenvalue weighted by atomic mass is 35.5. The fourth-order valence-corrected chi connectivity index (χ4v) is 2.54. The zero-order valence-electron chi connectivity index (χ0n) is 12.0. The Balaban J connectivity index is 2.39. The SMILES string of the molecule is CNC(c1ccc(C(C)C)cc1)c1cc(F)ccc1Cl. The second kappa shape index (κ2) is 6.38. The number of hydrogen-bond acceptors (Lipinski definition) is 1. The molecular weight excluding hydrogens is 273 g/mol. The molecule has 106 valence electrons. The van der Waals surface area contributed by atoms with Crippen molar-refractivity contribution in [1.29, 1.82) is 0 Å². The maximum Gasteiger partial charge on any atom is 0.123 e. The summed E-state index contributed by atoms with van der Waals surface area (Å²) >= 11 is 6.19. The van der Waals surface area contributed by atoms with Gasteiger partial charge in [-0.25, -0.2) is 4.39 Å². The van der Waals surface area contributed by atoms with Crippen LogP contribution in [-0.2, 0) is 0 Å². The van der Waals surface area contributed by atoms with Crippen LogP contribution in [0.15, 0.2) is 42.5 Å². The van der Waals surface area contributed by atoms with Crippen LogP contribution in [0.4, 0.5) is 4.39 Å². The van der Waals surface area contributed by atoms with E-state index in [1.54, 1.807) is 6.07 Å². The molecule has 0 radical (unpaired) electrons. The predicted octanol–water partition coefficient (Wildman–Crippen LogP) is 4.91. The van der Waals surface area contributed by atoms with Gasteiger partial charge in [-0.15, -0.1) is 0 Å². The smallest absolute Gasteiger partial charge is 0.123 e. The Morgan fingerprint density at radius 3 is 2.15 bits per heavy atom. The van der Waals surface area contributed by atoms with E-state index in [0.29, 0.717) is 10.9 Å². The summed E-state index contributed by atoms with van der Waals surface area (Å²) in [4.78, 5) is 0. The minimum Gasteiger partial charge on any atom is -0.309 e. The van der Waals surface area contributed by atoms with Crippen molar-refractivity contribution >= 4 is 11.6 Å². The molecule has 2 rings (SSSR count). The van der Waals surface area contributed by atoms with Crippen molar-refractivity contribution in [2.75, 3.05) is 7.05 Å². The highest BCUT2D eigenvalue weighted by molar-refractivity contribution is 6.31. The molecule has 20 heavy (non-hydrogen) atoms. The van der Waals surface area contributed by atoms with E-state index in [-0.39, 0.29) is 11.9 Å². The fourth-order valence-electron chi connectivity index (χ4n) is 2.31. The Bertz CT molecular complexity index is 578. The van der Waals surface area contributed by atoms with Crippen LogP contribution in [0.5, 0.6) is 0 Å². The Morgan fingerprint density at radius 2 is 1.60 bits per heavy atom. The number of rotatable bonds is 4. The highest BCUT2D eigenvalue weighted by Gasteiger charge is 2.16. The highest BCUT2D eigenvalue weighted by Crippen LogP contribution is 2.29. The fraction of sp³-hybridized carbons (Fsp3) is 0.294. The Labute approximate surface area is 124 Å². The molecule has 1 atom stereocenters. The molecule has 0 aromatic heterocycles.